The van der Waals surface area contributed by atoms with E-state index < -0.39 is 5.60 Å². The van der Waals surface area contributed by atoms with Gasteiger partial charge < -0.3 is 15.2 Å². The Labute approximate surface area is 139 Å². The van der Waals surface area contributed by atoms with Gasteiger partial charge in [0, 0.05) is 16.9 Å². The number of carbonyl (C=O) groups excluding carboxylic acids is 1. The van der Waals surface area contributed by atoms with E-state index in [9.17, 15) is 9.90 Å². The van der Waals surface area contributed by atoms with Crippen LogP contribution < -0.4 is 10.1 Å². The molecular weight excluding hydrogens is 310 g/mol. The highest BCUT2D eigenvalue weighted by Gasteiger charge is 2.52. The molecule has 120 valence electrons. The number of aliphatic hydroxyl groups is 1. The fraction of sp³-hybridized carbons (Fsp3) is 0.389. The van der Waals surface area contributed by atoms with Gasteiger partial charge in [0.15, 0.2) is 0 Å². The van der Waals surface area contributed by atoms with E-state index in [-0.39, 0.29) is 17.9 Å². The highest BCUT2D eigenvalue weighted by Crippen LogP contribution is 2.50. The molecule has 1 fully saturated rings. The third-order valence-corrected chi connectivity index (χ3v) is 5.95. The van der Waals surface area contributed by atoms with Gasteiger partial charge in [0.05, 0.1) is 18.6 Å². The lowest BCUT2D eigenvalue weighted by atomic mass is 9.87. The minimum absolute atomic E-state index is 0.0253. The van der Waals surface area contributed by atoms with Gasteiger partial charge in [-0.1, -0.05) is 24.3 Å². The van der Waals surface area contributed by atoms with Crippen LogP contribution in [0, 0.1) is 0 Å². The summed E-state index contributed by atoms with van der Waals surface area (Å²) in [6.07, 6.45) is 2.26. The maximum atomic E-state index is 12.7. The third-order valence-electron chi connectivity index (χ3n) is 4.88. The Morgan fingerprint density at radius 2 is 2.04 bits per heavy atom. The van der Waals surface area contributed by atoms with Crippen LogP contribution in [-0.2, 0) is 15.8 Å². The van der Waals surface area contributed by atoms with E-state index in [0.717, 1.165) is 23.3 Å². The predicted molar refractivity (Wildman–Crippen MR) is 88.7 cm³/mol. The second kappa shape index (κ2) is 5.35. The van der Waals surface area contributed by atoms with Crippen molar-refractivity contribution >= 4 is 17.2 Å². The molecule has 2 N–H and O–H groups in total. The number of nitrogens with one attached hydrogen (secondary N) is 1. The molecule has 23 heavy (non-hydrogen) atoms. The van der Waals surface area contributed by atoms with E-state index >= 15 is 0 Å². The molecule has 4 nitrogen and oxygen atoms in total. The molecule has 5 heteroatoms. The molecule has 1 aromatic carbocycles. The average molecular weight is 329 g/mol. The lowest BCUT2D eigenvalue weighted by molar-refractivity contribution is -0.125. The van der Waals surface area contributed by atoms with Gasteiger partial charge in [0.2, 0.25) is 5.91 Å². The molecule has 1 aliphatic heterocycles. The maximum Gasteiger partial charge on any atom is 0.231 e. The highest BCUT2D eigenvalue weighted by atomic mass is 32.1. The molecule has 0 bridgehead atoms. The molecular formula is C18H19NO3S. The topological polar surface area (TPSA) is 58.6 Å². The van der Waals surface area contributed by atoms with E-state index in [4.69, 9.17) is 4.74 Å². The SMILES string of the molecule is O=C(NCC1(O)CCOc2ccccc21)C1(c2cccs2)CC1. The van der Waals surface area contributed by atoms with Crippen molar-refractivity contribution in [1.82, 2.24) is 5.32 Å². The largest absolute Gasteiger partial charge is 0.493 e. The lowest BCUT2D eigenvalue weighted by Crippen LogP contribution is -2.46. The summed E-state index contributed by atoms with van der Waals surface area (Å²) in [5.41, 5.74) is -0.668. The molecule has 1 saturated carbocycles. The molecule has 2 heterocycles. The second-order valence-electron chi connectivity index (χ2n) is 6.37. The summed E-state index contributed by atoms with van der Waals surface area (Å²) < 4.78 is 5.59. The number of carbonyl (C=O) groups is 1. The van der Waals surface area contributed by atoms with Crippen molar-refractivity contribution in [3.05, 3.63) is 52.2 Å². The zero-order chi connectivity index (χ0) is 15.9. The van der Waals surface area contributed by atoms with Crippen LogP contribution in [0.5, 0.6) is 5.75 Å². The summed E-state index contributed by atoms with van der Waals surface area (Å²) in [7, 11) is 0. The Morgan fingerprint density at radius 3 is 2.78 bits per heavy atom. The van der Waals surface area contributed by atoms with Crippen molar-refractivity contribution in [3.63, 3.8) is 0 Å². The first-order valence-electron chi connectivity index (χ1n) is 7.91. The number of fused-ring (bicyclic) bond motifs is 1. The van der Waals surface area contributed by atoms with Crippen LogP contribution >= 0.6 is 11.3 Å². The molecule has 1 unspecified atom stereocenters. The number of ether oxygens (including phenoxy) is 1. The fourth-order valence-electron chi connectivity index (χ4n) is 3.28. The van der Waals surface area contributed by atoms with E-state index in [0.29, 0.717) is 18.8 Å². The number of thiophene rings is 1. The number of hydrogen-bond donors (Lipinski definition) is 2. The first-order valence-corrected chi connectivity index (χ1v) is 8.79. The Morgan fingerprint density at radius 1 is 1.22 bits per heavy atom. The van der Waals surface area contributed by atoms with Gasteiger partial charge in [-0.25, -0.2) is 0 Å². The van der Waals surface area contributed by atoms with E-state index in [2.05, 4.69) is 5.32 Å². The molecule has 1 aromatic heterocycles. The normalized spacial score (nSPS) is 24.4. The van der Waals surface area contributed by atoms with E-state index in [1.165, 1.54) is 0 Å². The average Bonchev–Trinajstić information content (AvgIpc) is 3.20. The van der Waals surface area contributed by atoms with Crippen molar-refractivity contribution in [1.29, 1.82) is 0 Å². The van der Waals surface area contributed by atoms with E-state index in [1.54, 1.807) is 11.3 Å². The summed E-state index contributed by atoms with van der Waals surface area (Å²) >= 11 is 1.63. The number of para-hydroxylation sites is 1. The quantitative estimate of drug-likeness (QED) is 0.906. The lowest BCUT2D eigenvalue weighted by Gasteiger charge is -2.34. The van der Waals surface area contributed by atoms with Crippen molar-refractivity contribution < 1.29 is 14.6 Å². The monoisotopic (exact) mass is 329 g/mol. The van der Waals surface area contributed by atoms with E-state index in [1.807, 2.05) is 41.8 Å². The summed E-state index contributed by atoms with van der Waals surface area (Å²) in [4.78, 5) is 13.8. The molecule has 2 aromatic rings. The summed E-state index contributed by atoms with van der Waals surface area (Å²) in [6, 6.07) is 11.5. The molecule has 1 aliphatic carbocycles. The fourth-order valence-corrected chi connectivity index (χ4v) is 4.27. The Kier molecular flexibility index (Phi) is 3.43. The van der Waals surface area contributed by atoms with Crippen LogP contribution in [0.1, 0.15) is 29.7 Å². The van der Waals surface area contributed by atoms with Gasteiger partial charge in [0.1, 0.15) is 11.4 Å². The molecule has 0 saturated heterocycles. The van der Waals surface area contributed by atoms with Crippen molar-refractivity contribution in [2.75, 3.05) is 13.2 Å². The first-order chi connectivity index (χ1) is 11.1. The summed E-state index contributed by atoms with van der Waals surface area (Å²) in [6.45, 7) is 0.679. The zero-order valence-corrected chi connectivity index (χ0v) is 13.6. The van der Waals surface area contributed by atoms with Gasteiger partial charge >= 0.3 is 0 Å². The van der Waals surface area contributed by atoms with Gasteiger partial charge in [-0.15, -0.1) is 11.3 Å². The minimum Gasteiger partial charge on any atom is -0.493 e. The van der Waals surface area contributed by atoms with Crippen molar-refractivity contribution in [2.24, 2.45) is 0 Å². The summed E-state index contributed by atoms with van der Waals surface area (Å²) in [5, 5.41) is 16.0. The van der Waals surface area contributed by atoms with Crippen LogP contribution in [0.25, 0.3) is 0 Å². The Bertz CT molecular complexity index is 724. The molecule has 4 rings (SSSR count). The molecule has 0 radical (unpaired) electrons. The first kappa shape index (κ1) is 14.7. The van der Waals surface area contributed by atoms with Gasteiger partial charge in [0.25, 0.3) is 0 Å². The smallest absolute Gasteiger partial charge is 0.231 e. The predicted octanol–water partition coefficient (Wildman–Crippen LogP) is 2.57. The van der Waals surface area contributed by atoms with Crippen LogP contribution in [-0.4, -0.2) is 24.2 Å². The third kappa shape index (κ3) is 2.44. The van der Waals surface area contributed by atoms with Crippen LogP contribution in [0.3, 0.4) is 0 Å². The Balaban J connectivity index is 1.51. The van der Waals surface area contributed by atoms with Crippen LogP contribution in [0.15, 0.2) is 41.8 Å². The highest BCUT2D eigenvalue weighted by molar-refractivity contribution is 7.10. The maximum absolute atomic E-state index is 12.7. The molecule has 0 spiro atoms. The van der Waals surface area contributed by atoms with Gasteiger partial charge in [-0.2, -0.15) is 0 Å². The van der Waals surface area contributed by atoms with Gasteiger partial charge in [-0.3, -0.25) is 4.79 Å². The number of amides is 1. The Hall–Kier alpha value is -1.85. The standard InChI is InChI=1S/C18H19NO3S/c20-16(17(7-8-17)15-6-3-11-23-15)19-12-18(21)9-10-22-14-5-2-1-4-13(14)18/h1-6,11,21H,7-10,12H2,(H,19,20). The number of rotatable bonds is 4. The van der Waals surface area contributed by atoms with Gasteiger partial charge in [-0.05, 0) is 30.4 Å². The van der Waals surface area contributed by atoms with Crippen molar-refractivity contribution in [2.45, 2.75) is 30.3 Å². The van der Waals surface area contributed by atoms with Crippen LogP contribution in [0.2, 0.25) is 0 Å². The molecule has 1 atom stereocenters. The zero-order valence-electron chi connectivity index (χ0n) is 12.7. The minimum atomic E-state index is -1.06. The molecule has 1 amide bonds. The summed E-state index contributed by atoms with van der Waals surface area (Å²) in [5.74, 6) is 0.729. The van der Waals surface area contributed by atoms with Crippen LogP contribution in [0.4, 0.5) is 0 Å². The number of hydrogen-bond acceptors (Lipinski definition) is 4. The molecule has 2 aliphatic rings. The number of benzene rings is 1. The second-order valence-corrected chi connectivity index (χ2v) is 7.32. The van der Waals surface area contributed by atoms with Crippen molar-refractivity contribution in [3.8, 4) is 5.75 Å².